The first-order valence-corrected chi connectivity index (χ1v) is 11.6. The molecule has 0 bridgehead atoms. The van der Waals surface area contributed by atoms with Crippen LogP contribution in [-0.2, 0) is 4.89 Å². The second-order valence-corrected chi connectivity index (χ2v) is 9.20. The molecule has 2 rings (SSSR count). The van der Waals surface area contributed by atoms with Gasteiger partial charge in [-0.2, -0.15) is 0 Å². The number of halogens is 1. The molecular formula is C23H43FO2. The highest BCUT2D eigenvalue weighted by atomic mass is 19.1. The van der Waals surface area contributed by atoms with Crippen molar-refractivity contribution in [2.75, 3.05) is 0 Å². The molecule has 26 heavy (non-hydrogen) atoms. The minimum atomic E-state index is -0.796. The van der Waals surface area contributed by atoms with Crippen LogP contribution in [0.25, 0.3) is 0 Å². The lowest BCUT2D eigenvalue weighted by Gasteiger charge is -2.40. The molecule has 2 fully saturated rings. The molecule has 154 valence electrons. The van der Waals surface area contributed by atoms with Crippen molar-refractivity contribution in [2.45, 2.75) is 122 Å². The minimum absolute atomic E-state index is 0.0935. The molecule has 3 heteroatoms. The molecule has 0 amide bonds. The summed E-state index contributed by atoms with van der Waals surface area (Å²) in [5.74, 6) is 1.64. The van der Waals surface area contributed by atoms with E-state index in [0.717, 1.165) is 31.6 Å². The van der Waals surface area contributed by atoms with Gasteiger partial charge in [0.25, 0.3) is 0 Å². The zero-order valence-electron chi connectivity index (χ0n) is 17.3. The maximum Gasteiger partial charge on any atom is 0.106 e. The molecule has 2 saturated carbocycles. The zero-order chi connectivity index (χ0) is 18.8. The van der Waals surface area contributed by atoms with Gasteiger partial charge in [0, 0.05) is 5.92 Å². The average molecular weight is 371 g/mol. The van der Waals surface area contributed by atoms with Crippen LogP contribution in [0.15, 0.2) is 0 Å². The lowest BCUT2D eigenvalue weighted by Crippen LogP contribution is -2.41. The summed E-state index contributed by atoms with van der Waals surface area (Å²) in [5, 5.41) is 9.56. The summed E-state index contributed by atoms with van der Waals surface area (Å²) in [6.45, 7) is 4.47. The predicted octanol–water partition coefficient (Wildman–Crippen LogP) is 7.57. The van der Waals surface area contributed by atoms with E-state index in [1.165, 1.54) is 64.2 Å². The van der Waals surface area contributed by atoms with E-state index in [1.807, 2.05) is 0 Å². The van der Waals surface area contributed by atoms with Gasteiger partial charge in [0.15, 0.2) is 0 Å². The Kier molecular flexibility index (Phi) is 10.5. The summed E-state index contributed by atoms with van der Waals surface area (Å²) < 4.78 is 14.9. The third-order valence-electron chi connectivity index (χ3n) is 7.26. The molecule has 0 aromatic heterocycles. The number of unbranched alkanes of at least 4 members (excludes halogenated alkanes) is 4. The third-order valence-corrected chi connectivity index (χ3v) is 7.26. The molecule has 4 atom stereocenters. The van der Waals surface area contributed by atoms with Gasteiger partial charge in [0.1, 0.15) is 12.3 Å². The lowest BCUT2D eigenvalue weighted by molar-refractivity contribution is -0.310. The van der Waals surface area contributed by atoms with Crippen molar-refractivity contribution < 1.29 is 14.5 Å². The van der Waals surface area contributed by atoms with Gasteiger partial charge in [0.2, 0.25) is 0 Å². The molecule has 0 aliphatic heterocycles. The van der Waals surface area contributed by atoms with Crippen LogP contribution in [0.5, 0.6) is 0 Å². The van der Waals surface area contributed by atoms with Crippen molar-refractivity contribution in [2.24, 2.45) is 23.7 Å². The third kappa shape index (κ3) is 6.78. The van der Waals surface area contributed by atoms with E-state index in [4.69, 9.17) is 4.89 Å². The molecule has 4 unspecified atom stereocenters. The molecule has 0 saturated heterocycles. The van der Waals surface area contributed by atoms with Gasteiger partial charge in [-0.05, 0) is 49.9 Å². The Morgan fingerprint density at radius 1 is 0.846 bits per heavy atom. The summed E-state index contributed by atoms with van der Waals surface area (Å²) in [5.41, 5.74) is 0. The summed E-state index contributed by atoms with van der Waals surface area (Å²) in [4.78, 5) is 4.93. The maximum absolute atomic E-state index is 14.9. The Balaban J connectivity index is 1.76. The van der Waals surface area contributed by atoms with Crippen LogP contribution >= 0.6 is 0 Å². The van der Waals surface area contributed by atoms with Crippen molar-refractivity contribution in [3.63, 3.8) is 0 Å². The fraction of sp³-hybridized carbons (Fsp3) is 1.00. The summed E-state index contributed by atoms with van der Waals surface area (Å²) >= 11 is 0. The van der Waals surface area contributed by atoms with Crippen molar-refractivity contribution in [1.82, 2.24) is 0 Å². The molecule has 0 aromatic rings. The van der Waals surface area contributed by atoms with Crippen molar-refractivity contribution in [1.29, 1.82) is 0 Å². The summed E-state index contributed by atoms with van der Waals surface area (Å²) in [7, 11) is 0. The molecule has 0 aromatic carbocycles. The molecular weight excluding hydrogens is 327 g/mol. The minimum Gasteiger partial charge on any atom is -0.252 e. The first-order valence-electron chi connectivity index (χ1n) is 11.6. The average Bonchev–Trinajstić information content (AvgIpc) is 2.65. The van der Waals surface area contributed by atoms with Gasteiger partial charge in [-0.1, -0.05) is 78.1 Å². The number of alkyl halides is 1. The predicted molar refractivity (Wildman–Crippen MR) is 107 cm³/mol. The van der Waals surface area contributed by atoms with Crippen molar-refractivity contribution >= 4 is 0 Å². The van der Waals surface area contributed by atoms with Gasteiger partial charge in [-0.3, -0.25) is 5.26 Å². The quantitative estimate of drug-likeness (QED) is 0.231. The normalized spacial score (nSPS) is 33.9. The first kappa shape index (κ1) is 22.1. The highest BCUT2D eigenvalue weighted by Crippen LogP contribution is 2.42. The van der Waals surface area contributed by atoms with E-state index in [1.54, 1.807) is 0 Å². The van der Waals surface area contributed by atoms with E-state index in [-0.39, 0.29) is 12.0 Å². The molecule has 1 N–H and O–H groups in total. The Morgan fingerprint density at radius 3 is 1.96 bits per heavy atom. The highest BCUT2D eigenvalue weighted by Gasteiger charge is 2.41. The molecule has 0 heterocycles. The second-order valence-electron chi connectivity index (χ2n) is 9.20. The standard InChI is InChI=1S/C23H43FO2/c1-3-5-7-9-18-11-14-20(15-12-18)23(26-25)21-16-13-19(17-22(21)24)10-8-6-4-2/h18-23,25H,3-17H2,1-2H3. The summed E-state index contributed by atoms with van der Waals surface area (Å²) in [6, 6.07) is 0. The van der Waals surface area contributed by atoms with Crippen LogP contribution in [-0.4, -0.2) is 17.5 Å². The van der Waals surface area contributed by atoms with Crippen LogP contribution in [0, 0.1) is 23.7 Å². The first-order chi connectivity index (χ1) is 12.7. The van der Waals surface area contributed by atoms with E-state index in [9.17, 15) is 9.65 Å². The van der Waals surface area contributed by atoms with E-state index in [0.29, 0.717) is 18.3 Å². The molecule has 0 spiro atoms. The monoisotopic (exact) mass is 370 g/mol. The highest BCUT2D eigenvalue weighted by molar-refractivity contribution is 4.89. The topological polar surface area (TPSA) is 29.5 Å². The van der Waals surface area contributed by atoms with E-state index >= 15 is 0 Å². The van der Waals surface area contributed by atoms with Gasteiger partial charge in [-0.25, -0.2) is 9.28 Å². The summed E-state index contributed by atoms with van der Waals surface area (Å²) in [6.07, 6.45) is 16.5. The van der Waals surface area contributed by atoms with Gasteiger partial charge >= 0.3 is 0 Å². The Bertz CT molecular complexity index is 354. The molecule has 2 aliphatic carbocycles. The number of rotatable bonds is 11. The van der Waals surface area contributed by atoms with Crippen LogP contribution < -0.4 is 0 Å². The molecule has 0 radical (unpaired) electrons. The van der Waals surface area contributed by atoms with Crippen LogP contribution in [0.4, 0.5) is 4.39 Å². The second kappa shape index (κ2) is 12.3. The van der Waals surface area contributed by atoms with E-state index in [2.05, 4.69) is 13.8 Å². The van der Waals surface area contributed by atoms with Crippen molar-refractivity contribution in [3.05, 3.63) is 0 Å². The van der Waals surface area contributed by atoms with Crippen LogP contribution in [0.3, 0.4) is 0 Å². The fourth-order valence-corrected chi connectivity index (χ4v) is 5.54. The van der Waals surface area contributed by atoms with Gasteiger partial charge in [-0.15, -0.1) is 0 Å². The molecule has 2 aliphatic rings. The van der Waals surface area contributed by atoms with Gasteiger partial charge in [0.05, 0.1) is 0 Å². The number of hydrogen-bond donors (Lipinski definition) is 1. The Morgan fingerprint density at radius 2 is 1.42 bits per heavy atom. The lowest BCUT2D eigenvalue weighted by atomic mass is 9.69. The van der Waals surface area contributed by atoms with Gasteiger partial charge < -0.3 is 0 Å². The maximum atomic E-state index is 14.9. The van der Waals surface area contributed by atoms with E-state index < -0.39 is 6.17 Å². The zero-order valence-corrected chi connectivity index (χ0v) is 17.3. The van der Waals surface area contributed by atoms with Crippen LogP contribution in [0.1, 0.15) is 110 Å². The van der Waals surface area contributed by atoms with Crippen molar-refractivity contribution in [3.8, 4) is 0 Å². The SMILES string of the molecule is CCCCCC1CCC(C(OO)C2CCC(CCCCC)CC2F)CC1. The Hall–Kier alpha value is -0.150. The largest absolute Gasteiger partial charge is 0.252 e. The fourth-order valence-electron chi connectivity index (χ4n) is 5.54. The van der Waals surface area contributed by atoms with Crippen LogP contribution in [0.2, 0.25) is 0 Å². The number of hydrogen-bond acceptors (Lipinski definition) is 2. The smallest absolute Gasteiger partial charge is 0.106 e. The molecule has 2 nitrogen and oxygen atoms in total. The Labute approximate surface area is 161 Å².